The number of benzene rings is 2. The average Bonchev–Trinajstić information content (AvgIpc) is 3.00. The summed E-state index contributed by atoms with van der Waals surface area (Å²) >= 11 is 0. The summed E-state index contributed by atoms with van der Waals surface area (Å²) in [5.74, 6) is 0.447. The first-order valence-corrected chi connectivity index (χ1v) is 9.79. The number of hydrogen-bond acceptors (Lipinski definition) is 3. The SMILES string of the molecule is CC(=O)c1ccccc1C(=O)N1C[C@@H]2CC[C@H](C1)N(Cc1ccccc1)C2. The molecule has 140 valence electrons. The van der Waals surface area contributed by atoms with Crippen molar-refractivity contribution in [3.05, 3.63) is 71.3 Å². The van der Waals surface area contributed by atoms with Crippen molar-refractivity contribution in [3.63, 3.8) is 0 Å². The molecule has 0 aliphatic carbocycles. The van der Waals surface area contributed by atoms with Gasteiger partial charge in [0.05, 0.1) is 5.56 Å². The molecule has 2 aromatic rings. The van der Waals surface area contributed by atoms with Gasteiger partial charge in [0.1, 0.15) is 0 Å². The van der Waals surface area contributed by atoms with Crippen molar-refractivity contribution in [1.82, 2.24) is 9.80 Å². The topological polar surface area (TPSA) is 40.6 Å². The van der Waals surface area contributed by atoms with E-state index in [4.69, 9.17) is 0 Å². The van der Waals surface area contributed by atoms with Crippen LogP contribution in [0.4, 0.5) is 0 Å². The van der Waals surface area contributed by atoms with Gasteiger partial charge < -0.3 is 4.90 Å². The van der Waals surface area contributed by atoms with Crippen molar-refractivity contribution < 1.29 is 9.59 Å². The van der Waals surface area contributed by atoms with Crippen LogP contribution in [0.5, 0.6) is 0 Å². The number of nitrogens with zero attached hydrogens (tertiary/aromatic N) is 2. The van der Waals surface area contributed by atoms with Crippen molar-refractivity contribution in [2.45, 2.75) is 32.4 Å². The fourth-order valence-electron chi connectivity index (χ4n) is 4.50. The van der Waals surface area contributed by atoms with Crippen molar-refractivity contribution >= 4 is 11.7 Å². The smallest absolute Gasteiger partial charge is 0.254 e. The van der Waals surface area contributed by atoms with E-state index >= 15 is 0 Å². The van der Waals surface area contributed by atoms with E-state index in [2.05, 4.69) is 29.2 Å². The molecule has 2 aromatic carbocycles. The van der Waals surface area contributed by atoms with Crippen molar-refractivity contribution in [2.75, 3.05) is 19.6 Å². The lowest BCUT2D eigenvalue weighted by Crippen LogP contribution is -2.44. The number of rotatable bonds is 4. The molecule has 3 saturated heterocycles. The van der Waals surface area contributed by atoms with E-state index < -0.39 is 0 Å². The highest BCUT2D eigenvalue weighted by molar-refractivity contribution is 6.07. The second kappa shape index (κ2) is 7.65. The lowest BCUT2D eigenvalue weighted by Gasteiger charge is -2.36. The summed E-state index contributed by atoms with van der Waals surface area (Å²) in [6.07, 6.45) is 2.31. The van der Waals surface area contributed by atoms with Gasteiger partial charge in [-0.2, -0.15) is 0 Å². The molecule has 1 amide bonds. The minimum Gasteiger partial charge on any atom is -0.337 e. The Kier molecular flexibility index (Phi) is 5.08. The Morgan fingerprint density at radius 2 is 1.59 bits per heavy atom. The van der Waals surface area contributed by atoms with E-state index in [0.717, 1.165) is 32.6 Å². The minimum absolute atomic E-state index is 0.000684. The monoisotopic (exact) mass is 362 g/mol. The molecule has 5 rings (SSSR count). The number of carbonyl (C=O) groups is 2. The maximum atomic E-state index is 13.2. The first-order valence-electron chi connectivity index (χ1n) is 9.79. The predicted octanol–water partition coefficient (Wildman–Crippen LogP) is 3.63. The molecule has 3 fully saturated rings. The molecule has 4 nitrogen and oxygen atoms in total. The molecule has 0 aromatic heterocycles. The van der Waals surface area contributed by atoms with Crippen molar-refractivity contribution in [2.24, 2.45) is 5.92 Å². The molecular weight excluding hydrogens is 336 g/mol. The lowest BCUT2D eigenvalue weighted by molar-refractivity contribution is 0.0731. The molecule has 0 spiro atoms. The largest absolute Gasteiger partial charge is 0.337 e. The predicted molar refractivity (Wildman–Crippen MR) is 106 cm³/mol. The van der Waals surface area contributed by atoms with Crippen LogP contribution in [-0.2, 0) is 6.54 Å². The molecule has 27 heavy (non-hydrogen) atoms. The van der Waals surface area contributed by atoms with E-state index in [0.29, 0.717) is 23.1 Å². The van der Waals surface area contributed by atoms with Gasteiger partial charge in [0.15, 0.2) is 5.78 Å². The number of hydrogen-bond donors (Lipinski definition) is 0. The van der Waals surface area contributed by atoms with Gasteiger partial charge in [-0.05, 0) is 37.3 Å². The summed E-state index contributed by atoms with van der Waals surface area (Å²) in [6.45, 7) is 5.03. The standard InChI is InChI=1S/C23H26N2O2/c1-17(26)21-9-5-6-10-22(21)23(27)25-15-19-11-12-20(16-25)24(14-19)13-18-7-3-2-4-8-18/h2-10,19-20H,11-16H2,1H3/t19-,20-/m1/s1. The minimum atomic E-state index is -0.0533. The maximum Gasteiger partial charge on any atom is 0.254 e. The zero-order valence-corrected chi connectivity index (χ0v) is 15.8. The molecule has 0 unspecified atom stereocenters. The number of piperidine rings is 1. The summed E-state index contributed by atoms with van der Waals surface area (Å²) < 4.78 is 0. The van der Waals surface area contributed by atoms with Gasteiger partial charge in [-0.15, -0.1) is 0 Å². The summed E-state index contributed by atoms with van der Waals surface area (Å²) in [5.41, 5.74) is 2.39. The molecular formula is C23H26N2O2. The van der Waals surface area contributed by atoms with Gasteiger partial charge >= 0.3 is 0 Å². The van der Waals surface area contributed by atoms with Gasteiger partial charge in [-0.1, -0.05) is 48.5 Å². The van der Waals surface area contributed by atoms with Gasteiger partial charge in [-0.3, -0.25) is 14.5 Å². The molecule has 3 aliphatic heterocycles. The van der Waals surface area contributed by atoms with Crippen LogP contribution in [0.15, 0.2) is 54.6 Å². The molecule has 3 aliphatic rings. The summed E-state index contributed by atoms with van der Waals surface area (Å²) in [6, 6.07) is 18.1. The molecule has 2 atom stereocenters. The van der Waals surface area contributed by atoms with Crippen LogP contribution >= 0.6 is 0 Å². The highest BCUT2D eigenvalue weighted by atomic mass is 16.2. The van der Waals surface area contributed by atoms with Crippen LogP contribution < -0.4 is 0 Å². The third-order valence-corrected chi connectivity index (χ3v) is 5.88. The number of ketones is 1. The van der Waals surface area contributed by atoms with Gasteiger partial charge in [-0.25, -0.2) is 0 Å². The zero-order chi connectivity index (χ0) is 18.8. The zero-order valence-electron chi connectivity index (χ0n) is 15.8. The van der Waals surface area contributed by atoms with E-state index in [1.54, 1.807) is 12.1 Å². The van der Waals surface area contributed by atoms with Crippen LogP contribution in [0, 0.1) is 5.92 Å². The Labute approximate surface area is 160 Å². The molecule has 4 heteroatoms. The van der Waals surface area contributed by atoms with E-state index in [1.165, 1.54) is 18.9 Å². The molecule has 0 saturated carbocycles. The van der Waals surface area contributed by atoms with Crippen LogP contribution in [0.1, 0.15) is 46.0 Å². The third-order valence-electron chi connectivity index (χ3n) is 5.88. The van der Waals surface area contributed by atoms with Crippen LogP contribution in [0.3, 0.4) is 0 Å². The Bertz CT molecular complexity index is 833. The van der Waals surface area contributed by atoms with Crippen LogP contribution in [0.2, 0.25) is 0 Å². The highest BCUT2D eigenvalue weighted by Gasteiger charge is 2.37. The quantitative estimate of drug-likeness (QED) is 0.780. The normalized spacial score (nSPS) is 22.5. The average molecular weight is 362 g/mol. The summed E-state index contributed by atoms with van der Waals surface area (Å²) in [7, 11) is 0. The fraction of sp³-hybridized carbons (Fsp3) is 0.391. The van der Waals surface area contributed by atoms with Crippen LogP contribution in [0.25, 0.3) is 0 Å². The lowest BCUT2D eigenvalue weighted by atomic mass is 9.94. The molecule has 3 heterocycles. The number of fused-ring (bicyclic) bond motifs is 4. The Morgan fingerprint density at radius 3 is 2.33 bits per heavy atom. The number of carbonyl (C=O) groups excluding carboxylic acids is 2. The first-order chi connectivity index (χ1) is 13.1. The van der Waals surface area contributed by atoms with Gasteiger partial charge in [0.25, 0.3) is 5.91 Å². The first kappa shape index (κ1) is 17.9. The Hall–Kier alpha value is -2.46. The second-order valence-corrected chi connectivity index (χ2v) is 7.82. The second-order valence-electron chi connectivity index (χ2n) is 7.82. The third kappa shape index (κ3) is 3.81. The molecule has 2 bridgehead atoms. The van der Waals surface area contributed by atoms with Crippen molar-refractivity contribution in [3.8, 4) is 0 Å². The van der Waals surface area contributed by atoms with Gasteiger partial charge in [0, 0.05) is 37.8 Å². The Balaban J connectivity index is 1.53. The van der Waals surface area contributed by atoms with E-state index in [9.17, 15) is 9.59 Å². The summed E-state index contributed by atoms with van der Waals surface area (Å²) in [5, 5.41) is 0. The van der Waals surface area contributed by atoms with Crippen LogP contribution in [-0.4, -0.2) is 47.2 Å². The van der Waals surface area contributed by atoms with E-state index in [-0.39, 0.29) is 11.7 Å². The fourth-order valence-corrected chi connectivity index (χ4v) is 4.50. The van der Waals surface area contributed by atoms with Gasteiger partial charge in [0.2, 0.25) is 0 Å². The molecule has 0 radical (unpaired) electrons. The van der Waals surface area contributed by atoms with Crippen molar-refractivity contribution in [1.29, 1.82) is 0 Å². The maximum absolute atomic E-state index is 13.2. The Morgan fingerprint density at radius 1 is 0.889 bits per heavy atom. The summed E-state index contributed by atoms with van der Waals surface area (Å²) in [4.78, 5) is 29.7. The number of amides is 1. The highest BCUT2D eigenvalue weighted by Crippen LogP contribution is 2.30. The van der Waals surface area contributed by atoms with E-state index in [1.807, 2.05) is 23.1 Å². The molecule has 0 N–H and O–H groups in total. The number of Topliss-reactive ketones (excluding diaryl/α,β-unsaturated/α-hetero) is 1.